The van der Waals surface area contributed by atoms with Crippen molar-refractivity contribution in [1.82, 2.24) is 20.2 Å². The lowest BCUT2D eigenvalue weighted by molar-refractivity contribution is -0.147. The summed E-state index contributed by atoms with van der Waals surface area (Å²) in [6, 6.07) is 7.89. The van der Waals surface area contributed by atoms with Crippen molar-refractivity contribution < 1.29 is 9.53 Å². The van der Waals surface area contributed by atoms with E-state index in [9.17, 15) is 4.79 Å². The molecule has 2 aromatic rings. The summed E-state index contributed by atoms with van der Waals surface area (Å²) >= 11 is 0. The summed E-state index contributed by atoms with van der Waals surface area (Å²) in [7, 11) is 1.62. The highest BCUT2D eigenvalue weighted by atomic mass is 16.5. The van der Waals surface area contributed by atoms with E-state index in [2.05, 4.69) is 28.2 Å². The number of hydrogen-bond donors (Lipinski definition) is 2. The number of ether oxygens (including phenoxy) is 1. The Morgan fingerprint density at radius 2 is 2.12 bits per heavy atom. The number of piperidine rings is 1. The van der Waals surface area contributed by atoms with Crippen LogP contribution in [0.25, 0.3) is 11.0 Å². The van der Waals surface area contributed by atoms with Crippen molar-refractivity contribution in [1.29, 1.82) is 0 Å². The van der Waals surface area contributed by atoms with Crippen LogP contribution in [0.3, 0.4) is 0 Å². The van der Waals surface area contributed by atoms with Gasteiger partial charge in [0.2, 0.25) is 0 Å². The lowest BCUT2D eigenvalue weighted by Crippen LogP contribution is -2.54. The Balaban J connectivity index is 1.84. The van der Waals surface area contributed by atoms with Gasteiger partial charge < -0.3 is 19.9 Å². The minimum Gasteiger partial charge on any atom is -0.368 e. The average Bonchev–Trinajstić information content (AvgIpc) is 3.01. The van der Waals surface area contributed by atoms with E-state index in [-0.39, 0.29) is 11.9 Å². The summed E-state index contributed by atoms with van der Waals surface area (Å²) in [5.74, 6) is 0.834. The van der Waals surface area contributed by atoms with Gasteiger partial charge in [-0.3, -0.25) is 4.79 Å². The molecular formula is C18H26N4O2. The first-order chi connectivity index (χ1) is 11.6. The largest absolute Gasteiger partial charge is 0.368 e. The number of nitrogens with zero attached hydrogens (tertiary/aromatic N) is 2. The third-order valence-electron chi connectivity index (χ3n) is 4.95. The fourth-order valence-corrected chi connectivity index (χ4v) is 3.50. The van der Waals surface area contributed by atoms with E-state index < -0.39 is 5.60 Å². The molecule has 0 radical (unpaired) electrons. The Kier molecular flexibility index (Phi) is 4.87. The Morgan fingerprint density at radius 3 is 2.79 bits per heavy atom. The number of carbonyl (C=O) groups is 1. The molecule has 24 heavy (non-hydrogen) atoms. The monoisotopic (exact) mass is 330 g/mol. The maximum atomic E-state index is 12.8. The third-order valence-corrected chi connectivity index (χ3v) is 4.95. The molecule has 1 aromatic heterocycles. The molecule has 1 fully saturated rings. The van der Waals surface area contributed by atoms with E-state index in [1.165, 1.54) is 0 Å². The second kappa shape index (κ2) is 6.91. The van der Waals surface area contributed by atoms with Gasteiger partial charge in [0.15, 0.2) is 0 Å². The van der Waals surface area contributed by atoms with Crippen LogP contribution in [0.1, 0.15) is 38.6 Å². The second-order valence-electron chi connectivity index (χ2n) is 6.35. The summed E-state index contributed by atoms with van der Waals surface area (Å²) in [4.78, 5) is 17.6. The first-order valence-corrected chi connectivity index (χ1v) is 8.63. The molecule has 1 saturated heterocycles. The Labute approximate surface area is 142 Å². The summed E-state index contributed by atoms with van der Waals surface area (Å²) < 4.78 is 7.77. The number of methoxy groups -OCH3 is 1. The van der Waals surface area contributed by atoms with Gasteiger partial charge in [0.1, 0.15) is 11.4 Å². The Hall–Kier alpha value is -1.92. The van der Waals surface area contributed by atoms with Gasteiger partial charge in [-0.15, -0.1) is 0 Å². The van der Waals surface area contributed by atoms with Crippen LogP contribution < -0.4 is 10.6 Å². The smallest absolute Gasteiger partial charge is 0.252 e. The van der Waals surface area contributed by atoms with Crippen molar-refractivity contribution in [2.75, 3.05) is 20.2 Å². The molecule has 1 aliphatic heterocycles. The van der Waals surface area contributed by atoms with Gasteiger partial charge in [-0.25, -0.2) is 4.98 Å². The lowest BCUT2D eigenvalue weighted by Gasteiger charge is -2.35. The number of aryl methyl sites for hydroxylation is 1. The summed E-state index contributed by atoms with van der Waals surface area (Å²) in [5.41, 5.74) is 1.32. The highest BCUT2D eigenvalue weighted by molar-refractivity contribution is 5.86. The highest BCUT2D eigenvalue weighted by Gasteiger charge is 2.40. The van der Waals surface area contributed by atoms with E-state index in [4.69, 9.17) is 9.72 Å². The molecule has 0 saturated carbocycles. The molecular weight excluding hydrogens is 304 g/mol. The molecule has 0 bridgehead atoms. The van der Waals surface area contributed by atoms with Crippen LogP contribution in [-0.2, 0) is 16.1 Å². The molecule has 6 nitrogen and oxygen atoms in total. The van der Waals surface area contributed by atoms with Crippen LogP contribution in [0.2, 0.25) is 0 Å². The van der Waals surface area contributed by atoms with Crippen molar-refractivity contribution in [3.05, 3.63) is 30.1 Å². The van der Waals surface area contributed by atoms with Crippen LogP contribution >= 0.6 is 0 Å². The minimum atomic E-state index is -0.734. The number of aromatic nitrogens is 2. The molecule has 1 atom stereocenters. The quantitative estimate of drug-likeness (QED) is 0.880. The number of amides is 1. The van der Waals surface area contributed by atoms with E-state index in [0.717, 1.165) is 36.5 Å². The van der Waals surface area contributed by atoms with E-state index >= 15 is 0 Å². The number of hydrogen-bond acceptors (Lipinski definition) is 4. The lowest BCUT2D eigenvalue weighted by atomic mass is 9.91. The molecule has 1 amide bonds. The zero-order chi connectivity index (χ0) is 17.2. The SMILES string of the molecule is CCn1c(C(C)NC(=O)C2(OC)CCNCC2)nc2ccccc21. The van der Waals surface area contributed by atoms with Crippen LogP contribution in [0.5, 0.6) is 0 Å². The molecule has 1 aromatic carbocycles. The number of imidazole rings is 1. The average molecular weight is 330 g/mol. The summed E-state index contributed by atoms with van der Waals surface area (Å²) in [6.45, 7) is 6.48. The number of fused-ring (bicyclic) bond motifs is 1. The second-order valence-corrected chi connectivity index (χ2v) is 6.35. The predicted octanol–water partition coefficient (Wildman–Crippen LogP) is 2.00. The molecule has 130 valence electrons. The Bertz CT molecular complexity index is 719. The number of rotatable bonds is 5. The van der Waals surface area contributed by atoms with E-state index in [0.29, 0.717) is 12.8 Å². The molecule has 0 spiro atoms. The van der Waals surface area contributed by atoms with Crippen molar-refractivity contribution in [2.24, 2.45) is 0 Å². The first-order valence-electron chi connectivity index (χ1n) is 8.63. The Morgan fingerprint density at radius 1 is 1.42 bits per heavy atom. The molecule has 0 aliphatic carbocycles. The topological polar surface area (TPSA) is 68.2 Å². The van der Waals surface area contributed by atoms with Crippen molar-refractivity contribution in [3.8, 4) is 0 Å². The fraction of sp³-hybridized carbons (Fsp3) is 0.556. The van der Waals surface area contributed by atoms with Gasteiger partial charge in [0.05, 0.1) is 17.1 Å². The molecule has 6 heteroatoms. The standard InChI is InChI=1S/C18H26N4O2/c1-4-22-15-8-6-5-7-14(15)21-16(22)13(2)20-17(23)18(24-3)9-11-19-12-10-18/h5-8,13,19H,4,9-12H2,1-3H3,(H,20,23). The third kappa shape index (κ3) is 2.91. The maximum Gasteiger partial charge on any atom is 0.252 e. The van der Waals surface area contributed by atoms with Gasteiger partial charge in [0, 0.05) is 13.7 Å². The normalized spacial score (nSPS) is 18.5. The van der Waals surface area contributed by atoms with Crippen molar-refractivity contribution in [2.45, 2.75) is 44.9 Å². The van der Waals surface area contributed by atoms with E-state index in [1.807, 2.05) is 25.1 Å². The number of nitrogens with one attached hydrogen (secondary N) is 2. The van der Waals surface area contributed by atoms with Gasteiger partial charge in [-0.05, 0) is 51.9 Å². The molecule has 3 rings (SSSR count). The predicted molar refractivity (Wildman–Crippen MR) is 93.8 cm³/mol. The number of benzene rings is 1. The minimum absolute atomic E-state index is 0.0475. The first kappa shape index (κ1) is 16.9. The fourth-order valence-electron chi connectivity index (χ4n) is 3.50. The number of carbonyl (C=O) groups excluding carboxylic acids is 1. The maximum absolute atomic E-state index is 12.8. The van der Waals surface area contributed by atoms with Crippen LogP contribution in [0, 0.1) is 0 Å². The van der Waals surface area contributed by atoms with Gasteiger partial charge in [-0.2, -0.15) is 0 Å². The van der Waals surface area contributed by atoms with Gasteiger partial charge in [0.25, 0.3) is 5.91 Å². The zero-order valence-corrected chi connectivity index (χ0v) is 14.6. The van der Waals surface area contributed by atoms with Gasteiger partial charge >= 0.3 is 0 Å². The molecule has 1 unspecified atom stereocenters. The van der Waals surface area contributed by atoms with Gasteiger partial charge in [-0.1, -0.05) is 12.1 Å². The highest BCUT2D eigenvalue weighted by Crippen LogP contribution is 2.25. The van der Waals surface area contributed by atoms with Crippen molar-refractivity contribution in [3.63, 3.8) is 0 Å². The summed E-state index contributed by atoms with van der Waals surface area (Å²) in [6.07, 6.45) is 1.37. The van der Waals surface area contributed by atoms with Crippen LogP contribution in [0.15, 0.2) is 24.3 Å². The molecule has 2 N–H and O–H groups in total. The molecule has 2 heterocycles. The zero-order valence-electron chi connectivity index (χ0n) is 14.6. The van der Waals surface area contributed by atoms with Crippen LogP contribution in [0.4, 0.5) is 0 Å². The van der Waals surface area contributed by atoms with Crippen molar-refractivity contribution >= 4 is 16.9 Å². The summed E-state index contributed by atoms with van der Waals surface area (Å²) in [5, 5.41) is 6.39. The van der Waals surface area contributed by atoms with E-state index in [1.54, 1.807) is 7.11 Å². The van der Waals surface area contributed by atoms with Crippen LogP contribution in [-0.4, -0.2) is 41.3 Å². The molecule has 1 aliphatic rings. The number of para-hydroxylation sites is 2.